The molecule has 13 heteroatoms. The second kappa shape index (κ2) is 9.19. The van der Waals surface area contributed by atoms with E-state index in [1.807, 2.05) is 13.0 Å². The monoisotopic (exact) mass is 553 g/mol. The molecule has 1 aliphatic heterocycles. The molecule has 39 heavy (non-hydrogen) atoms. The molecule has 3 heterocycles. The summed E-state index contributed by atoms with van der Waals surface area (Å²) < 4.78 is 28.3. The number of fused-ring (bicyclic) bond motifs is 2. The van der Waals surface area contributed by atoms with Crippen LogP contribution >= 0.6 is 0 Å². The first-order valence-electron chi connectivity index (χ1n) is 13.1. The average Bonchev–Trinajstić information content (AvgIpc) is 3.44. The standard InChI is InChI=1S/C26H31N7O5S/c1-13(14-6-7-14)32-12-16-10-15(11-19(21(16)26(32)36)31-39(2,37)38)17-8-9-33-24(28-17)22(23(27)30-33)25(35)29-18-4-3-5-20(18)34/h8-11,13-14,18,20,31,34H,3-7,12H2,1-2H3,(H2,27,30)(H,29,35)/t13-,18+,20+/m0/s1. The fourth-order valence-electron chi connectivity index (χ4n) is 5.74. The highest BCUT2D eigenvalue weighted by Crippen LogP contribution is 2.41. The molecule has 2 amide bonds. The summed E-state index contributed by atoms with van der Waals surface area (Å²) in [5.74, 6) is -0.197. The van der Waals surface area contributed by atoms with Crippen LogP contribution in [0.1, 0.15) is 65.3 Å². The Labute approximate surface area is 225 Å². The van der Waals surface area contributed by atoms with E-state index < -0.39 is 22.0 Å². The van der Waals surface area contributed by atoms with Gasteiger partial charge >= 0.3 is 0 Å². The van der Waals surface area contributed by atoms with Gasteiger partial charge in [0.25, 0.3) is 11.8 Å². The van der Waals surface area contributed by atoms with Gasteiger partial charge < -0.3 is 21.1 Å². The van der Waals surface area contributed by atoms with E-state index >= 15 is 0 Å². The molecule has 6 rings (SSSR count). The zero-order valence-corrected chi connectivity index (χ0v) is 22.5. The number of aliphatic hydroxyl groups excluding tert-OH is 1. The molecular formula is C26H31N7O5S. The Morgan fingerprint density at radius 3 is 2.67 bits per heavy atom. The van der Waals surface area contributed by atoms with Gasteiger partial charge in [0.2, 0.25) is 10.0 Å². The molecular weight excluding hydrogens is 522 g/mol. The number of amides is 2. The molecule has 0 bridgehead atoms. The molecule has 0 spiro atoms. The lowest BCUT2D eigenvalue weighted by Crippen LogP contribution is -2.40. The van der Waals surface area contributed by atoms with Gasteiger partial charge in [-0.25, -0.2) is 17.9 Å². The van der Waals surface area contributed by atoms with Gasteiger partial charge in [-0.1, -0.05) is 0 Å². The smallest absolute Gasteiger partial charge is 0.259 e. The third-order valence-electron chi connectivity index (χ3n) is 7.96. The SMILES string of the molecule is C[C@@H](C1CC1)N1Cc2cc(-c3ccn4nc(N)c(C(=O)N[C@@H]5CCC[C@H]5O)c4n3)cc(NS(C)(=O)=O)c2C1=O. The molecule has 0 radical (unpaired) electrons. The third kappa shape index (κ3) is 4.69. The Kier molecular flexibility index (Phi) is 6.03. The number of aromatic nitrogens is 3. The summed E-state index contributed by atoms with van der Waals surface area (Å²) in [6, 6.07) is 4.82. The van der Waals surface area contributed by atoms with E-state index in [0.717, 1.165) is 25.5 Å². The number of aliphatic hydroxyl groups is 1. The number of nitrogen functional groups attached to an aromatic ring is 1. The Balaban J connectivity index is 1.40. The lowest BCUT2D eigenvalue weighted by molar-refractivity contribution is 0.0698. The lowest BCUT2D eigenvalue weighted by atomic mass is 10.0. The number of sulfonamides is 1. The van der Waals surface area contributed by atoms with Gasteiger partial charge in [-0.3, -0.25) is 14.3 Å². The number of carbonyl (C=O) groups excluding carboxylic acids is 2. The number of rotatable bonds is 7. The first-order valence-corrected chi connectivity index (χ1v) is 15.0. The number of benzene rings is 1. The van der Waals surface area contributed by atoms with Gasteiger partial charge in [0.1, 0.15) is 5.56 Å². The molecule has 3 aromatic rings. The molecule has 2 aliphatic carbocycles. The van der Waals surface area contributed by atoms with E-state index in [1.54, 1.807) is 23.2 Å². The van der Waals surface area contributed by atoms with Crippen LogP contribution in [0.25, 0.3) is 16.9 Å². The zero-order valence-electron chi connectivity index (χ0n) is 21.7. The van der Waals surface area contributed by atoms with Crippen LogP contribution in [0.2, 0.25) is 0 Å². The van der Waals surface area contributed by atoms with Crippen LogP contribution in [0.15, 0.2) is 24.4 Å². The summed E-state index contributed by atoms with van der Waals surface area (Å²) in [6.45, 7) is 2.40. The fraction of sp³-hybridized carbons (Fsp3) is 0.462. The van der Waals surface area contributed by atoms with E-state index in [2.05, 4.69) is 20.1 Å². The van der Waals surface area contributed by atoms with Crippen molar-refractivity contribution >= 4 is 39.0 Å². The Bertz CT molecular complexity index is 1610. The summed E-state index contributed by atoms with van der Waals surface area (Å²) in [5.41, 5.74) is 8.71. The average molecular weight is 554 g/mol. The summed E-state index contributed by atoms with van der Waals surface area (Å²) in [4.78, 5) is 33.0. The van der Waals surface area contributed by atoms with Crippen molar-refractivity contribution in [1.82, 2.24) is 24.8 Å². The number of nitrogens with two attached hydrogens (primary N) is 1. The van der Waals surface area contributed by atoms with E-state index in [1.165, 1.54) is 4.52 Å². The highest BCUT2D eigenvalue weighted by Gasteiger charge is 2.40. The van der Waals surface area contributed by atoms with Gasteiger partial charge in [0.15, 0.2) is 11.5 Å². The largest absolute Gasteiger partial charge is 0.391 e. The first-order chi connectivity index (χ1) is 18.5. The first kappa shape index (κ1) is 25.6. The van der Waals surface area contributed by atoms with Crippen LogP contribution in [0.5, 0.6) is 0 Å². The normalized spacial score (nSPS) is 21.8. The molecule has 206 valence electrons. The molecule has 2 fully saturated rings. The molecule has 2 saturated carbocycles. The zero-order chi connectivity index (χ0) is 27.6. The minimum absolute atomic E-state index is 0.00771. The van der Waals surface area contributed by atoms with Crippen molar-refractivity contribution in [3.63, 3.8) is 0 Å². The fourth-order valence-corrected chi connectivity index (χ4v) is 6.30. The van der Waals surface area contributed by atoms with E-state index in [4.69, 9.17) is 5.73 Å². The highest BCUT2D eigenvalue weighted by molar-refractivity contribution is 7.92. The summed E-state index contributed by atoms with van der Waals surface area (Å²) >= 11 is 0. The van der Waals surface area contributed by atoms with Crippen molar-refractivity contribution in [3.05, 3.63) is 41.1 Å². The maximum atomic E-state index is 13.4. The minimum Gasteiger partial charge on any atom is -0.391 e. The topological polar surface area (TPSA) is 172 Å². The number of nitrogens with zero attached hydrogens (tertiary/aromatic N) is 4. The second-order valence-corrected chi connectivity index (χ2v) is 12.6. The van der Waals surface area contributed by atoms with Crippen LogP contribution in [-0.4, -0.2) is 69.3 Å². The van der Waals surface area contributed by atoms with Crippen LogP contribution in [0.4, 0.5) is 11.5 Å². The lowest BCUT2D eigenvalue weighted by Gasteiger charge is -2.24. The van der Waals surface area contributed by atoms with Crippen molar-refractivity contribution in [2.45, 2.75) is 63.8 Å². The number of carbonyl (C=O) groups is 2. The maximum Gasteiger partial charge on any atom is 0.259 e. The highest BCUT2D eigenvalue weighted by atomic mass is 32.2. The predicted octanol–water partition coefficient (Wildman–Crippen LogP) is 1.75. The molecule has 2 aromatic heterocycles. The summed E-state index contributed by atoms with van der Waals surface area (Å²) in [6.07, 6.45) is 6.33. The molecule has 1 aromatic carbocycles. The third-order valence-corrected chi connectivity index (χ3v) is 8.55. The molecule has 3 atom stereocenters. The molecule has 0 saturated heterocycles. The molecule has 5 N–H and O–H groups in total. The van der Waals surface area contributed by atoms with Crippen LogP contribution in [0.3, 0.4) is 0 Å². The van der Waals surface area contributed by atoms with Crippen molar-refractivity contribution in [1.29, 1.82) is 0 Å². The maximum absolute atomic E-state index is 13.4. The van der Waals surface area contributed by atoms with Gasteiger partial charge in [-0.05, 0) is 68.7 Å². The quantitative estimate of drug-likeness (QED) is 0.343. The number of hydrogen-bond acceptors (Lipinski definition) is 8. The van der Waals surface area contributed by atoms with E-state index in [0.29, 0.717) is 47.7 Å². The Morgan fingerprint density at radius 2 is 2.00 bits per heavy atom. The minimum atomic E-state index is -3.67. The van der Waals surface area contributed by atoms with Crippen molar-refractivity contribution in [2.24, 2.45) is 5.92 Å². The van der Waals surface area contributed by atoms with Gasteiger partial charge in [0, 0.05) is 24.3 Å². The number of nitrogens with one attached hydrogen (secondary N) is 2. The van der Waals surface area contributed by atoms with Crippen LogP contribution in [-0.2, 0) is 16.6 Å². The molecule has 0 unspecified atom stereocenters. The molecule has 12 nitrogen and oxygen atoms in total. The van der Waals surface area contributed by atoms with Crippen molar-refractivity contribution in [2.75, 3.05) is 16.7 Å². The predicted molar refractivity (Wildman–Crippen MR) is 144 cm³/mol. The van der Waals surface area contributed by atoms with Crippen molar-refractivity contribution in [3.8, 4) is 11.3 Å². The Hall–Kier alpha value is -3.71. The van der Waals surface area contributed by atoms with Gasteiger partial charge in [0.05, 0.1) is 35.3 Å². The Morgan fingerprint density at radius 1 is 1.23 bits per heavy atom. The summed E-state index contributed by atoms with van der Waals surface area (Å²) in [5, 5.41) is 17.2. The summed E-state index contributed by atoms with van der Waals surface area (Å²) in [7, 11) is -3.67. The van der Waals surface area contributed by atoms with E-state index in [9.17, 15) is 23.1 Å². The van der Waals surface area contributed by atoms with Crippen LogP contribution in [0, 0.1) is 5.92 Å². The number of hydrogen-bond donors (Lipinski definition) is 4. The van der Waals surface area contributed by atoms with Gasteiger partial charge in [-0.15, -0.1) is 5.10 Å². The second-order valence-electron chi connectivity index (χ2n) is 10.9. The van der Waals surface area contributed by atoms with Gasteiger partial charge in [-0.2, -0.15) is 0 Å². The van der Waals surface area contributed by atoms with Crippen molar-refractivity contribution < 1.29 is 23.1 Å². The van der Waals surface area contributed by atoms with E-state index in [-0.39, 0.29) is 40.7 Å². The molecule has 3 aliphatic rings. The number of anilines is 2. The van der Waals surface area contributed by atoms with Crippen LogP contribution < -0.4 is 15.8 Å².